The number of hydrazine groups is 1. The molecular formula is C14H14N3+. The summed E-state index contributed by atoms with van der Waals surface area (Å²) in [6.45, 7) is 0. The molecule has 3 heteroatoms. The second-order valence-corrected chi connectivity index (χ2v) is 4.06. The zero-order valence-corrected chi connectivity index (χ0v) is 9.69. The third-order valence-corrected chi connectivity index (χ3v) is 2.75. The van der Waals surface area contributed by atoms with Crippen LogP contribution in [0.5, 0.6) is 0 Å². The second-order valence-electron chi connectivity index (χ2n) is 4.06. The minimum absolute atomic E-state index is 1.14. The first-order chi connectivity index (χ1) is 8.34. The highest BCUT2D eigenvalue weighted by molar-refractivity contribution is 5.76. The van der Waals surface area contributed by atoms with Gasteiger partial charge >= 0.3 is 0 Å². The van der Waals surface area contributed by atoms with Gasteiger partial charge in [-0.2, -0.15) is 5.01 Å². The molecule has 0 saturated heterocycles. The van der Waals surface area contributed by atoms with Crippen LogP contribution in [0.4, 0.5) is 5.69 Å². The summed E-state index contributed by atoms with van der Waals surface area (Å²) in [5, 5.41) is 4.24. The molecule has 0 spiro atoms. The lowest BCUT2D eigenvalue weighted by Gasteiger charge is -2.29. The molecule has 0 N–H and O–H groups in total. The van der Waals surface area contributed by atoms with Gasteiger partial charge in [-0.3, -0.25) is 0 Å². The molecule has 0 bridgehead atoms. The predicted octanol–water partition coefficient (Wildman–Crippen LogP) is 2.32. The number of rotatable bonds is 1. The molecule has 84 valence electrons. The van der Waals surface area contributed by atoms with Gasteiger partial charge in [-0.15, -0.1) is 5.01 Å². The summed E-state index contributed by atoms with van der Waals surface area (Å²) in [4.78, 5) is 0. The number of hydrogen-bond acceptors (Lipinski definition) is 2. The van der Waals surface area contributed by atoms with Crippen molar-refractivity contribution < 1.29 is 4.58 Å². The standard InChI is InChI=1S/C14H14N3/c1-15-11-14-9-5-6-10-16(14)17(12-15)13-7-3-2-4-8-13/h2-12H,1H3/q+1. The largest absolute Gasteiger partial charge is 0.268 e. The first kappa shape index (κ1) is 9.90. The Hall–Kier alpha value is -2.29. The number of nitrogens with zero attached hydrogens (tertiary/aromatic N) is 3. The topological polar surface area (TPSA) is 9.49 Å². The van der Waals surface area contributed by atoms with E-state index in [0.29, 0.717) is 0 Å². The van der Waals surface area contributed by atoms with E-state index in [1.54, 1.807) is 0 Å². The molecular weight excluding hydrogens is 210 g/mol. The Kier molecular flexibility index (Phi) is 2.29. The number of hydrogen-bond donors (Lipinski definition) is 0. The van der Waals surface area contributed by atoms with E-state index >= 15 is 0 Å². The van der Waals surface area contributed by atoms with E-state index in [4.69, 9.17) is 0 Å². The van der Waals surface area contributed by atoms with Gasteiger partial charge in [-0.1, -0.05) is 24.3 Å². The normalized spacial score (nSPS) is 17.7. The van der Waals surface area contributed by atoms with Crippen LogP contribution in [0.2, 0.25) is 0 Å². The molecule has 2 aliphatic heterocycles. The molecule has 1 aromatic carbocycles. The van der Waals surface area contributed by atoms with Gasteiger partial charge in [-0.25, -0.2) is 4.58 Å². The van der Waals surface area contributed by atoms with E-state index in [1.165, 1.54) is 0 Å². The van der Waals surface area contributed by atoms with Crippen LogP contribution in [-0.4, -0.2) is 23.0 Å². The lowest BCUT2D eigenvalue weighted by Crippen LogP contribution is -2.42. The van der Waals surface area contributed by atoms with Crippen molar-refractivity contribution in [1.82, 2.24) is 5.01 Å². The van der Waals surface area contributed by atoms with E-state index in [0.717, 1.165) is 11.4 Å². The number of benzene rings is 1. The summed E-state index contributed by atoms with van der Waals surface area (Å²) in [5.74, 6) is 0. The van der Waals surface area contributed by atoms with Crippen molar-refractivity contribution >= 4 is 12.0 Å². The zero-order chi connectivity index (χ0) is 11.7. The van der Waals surface area contributed by atoms with Crippen LogP contribution in [0, 0.1) is 0 Å². The summed E-state index contributed by atoms with van der Waals surface area (Å²) in [5.41, 5.74) is 2.30. The maximum absolute atomic E-state index is 2.12. The third-order valence-electron chi connectivity index (χ3n) is 2.75. The maximum atomic E-state index is 2.12. The van der Waals surface area contributed by atoms with Gasteiger partial charge in [0, 0.05) is 6.20 Å². The van der Waals surface area contributed by atoms with Gasteiger partial charge in [0.05, 0.1) is 7.05 Å². The molecule has 17 heavy (non-hydrogen) atoms. The van der Waals surface area contributed by atoms with Crippen LogP contribution in [0.15, 0.2) is 66.7 Å². The maximum Gasteiger partial charge on any atom is 0.268 e. The van der Waals surface area contributed by atoms with Crippen molar-refractivity contribution in [2.75, 3.05) is 12.1 Å². The molecule has 2 heterocycles. The minimum Gasteiger partial charge on any atom is -0.239 e. The van der Waals surface area contributed by atoms with Crippen molar-refractivity contribution in [3.05, 3.63) is 66.7 Å². The number of anilines is 1. The average molecular weight is 224 g/mol. The van der Waals surface area contributed by atoms with Crippen LogP contribution >= 0.6 is 0 Å². The van der Waals surface area contributed by atoms with Gasteiger partial charge in [0.15, 0.2) is 5.69 Å². The first-order valence-corrected chi connectivity index (χ1v) is 5.62. The summed E-state index contributed by atoms with van der Waals surface area (Å²) in [7, 11) is 2.03. The van der Waals surface area contributed by atoms with Gasteiger partial charge in [-0.05, 0) is 24.3 Å². The number of allylic oxidation sites excluding steroid dienone is 3. The van der Waals surface area contributed by atoms with Crippen LogP contribution in [0.1, 0.15) is 0 Å². The number of para-hydroxylation sites is 1. The summed E-state index contributed by atoms with van der Waals surface area (Å²) < 4.78 is 2.06. The summed E-state index contributed by atoms with van der Waals surface area (Å²) >= 11 is 0. The Morgan fingerprint density at radius 1 is 1.00 bits per heavy atom. The van der Waals surface area contributed by atoms with Crippen LogP contribution in [0.25, 0.3) is 0 Å². The number of fused-ring (bicyclic) bond motifs is 1. The SMILES string of the molecule is C[N+]1=CN(c2ccccc2)N2C=CC=CC2=C1. The lowest BCUT2D eigenvalue weighted by molar-refractivity contribution is -0.422. The Bertz CT molecular complexity index is 538. The molecule has 3 nitrogen and oxygen atoms in total. The fraction of sp³-hybridized carbons (Fsp3) is 0.0714. The first-order valence-electron chi connectivity index (χ1n) is 5.62. The van der Waals surface area contributed by atoms with E-state index < -0.39 is 0 Å². The molecule has 0 amide bonds. The summed E-state index contributed by atoms with van der Waals surface area (Å²) in [6, 6.07) is 10.3. The van der Waals surface area contributed by atoms with Crippen molar-refractivity contribution in [2.24, 2.45) is 0 Å². The highest BCUT2D eigenvalue weighted by Crippen LogP contribution is 2.23. The predicted molar refractivity (Wildman–Crippen MR) is 69.4 cm³/mol. The second kappa shape index (κ2) is 3.94. The molecule has 0 unspecified atom stereocenters. The van der Waals surface area contributed by atoms with Gasteiger partial charge in [0.2, 0.25) is 0 Å². The smallest absolute Gasteiger partial charge is 0.239 e. The van der Waals surface area contributed by atoms with E-state index in [1.807, 2.05) is 37.4 Å². The average Bonchev–Trinajstić information content (AvgIpc) is 2.39. The molecule has 0 saturated carbocycles. The Balaban J connectivity index is 2.04. The van der Waals surface area contributed by atoms with Crippen LogP contribution in [0.3, 0.4) is 0 Å². The Morgan fingerprint density at radius 2 is 1.82 bits per heavy atom. The lowest BCUT2D eigenvalue weighted by atomic mass is 10.3. The Labute approximate surface area is 101 Å². The quantitative estimate of drug-likeness (QED) is 0.677. The highest BCUT2D eigenvalue weighted by atomic mass is 15.6. The van der Waals surface area contributed by atoms with Gasteiger partial charge in [0.1, 0.15) is 11.9 Å². The van der Waals surface area contributed by atoms with Gasteiger partial charge in [0.25, 0.3) is 6.34 Å². The fourth-order valence-electron chi connectivity index (χ4n) is 1.99. The van der Waals surface area contributed by atoms with Crippen molar-refractivity contribution in [3.8, 4) is 0 Å². The van der Waals surface area contributed by atoms with Crippen LogP contribution < -0.4 is 5.01 Å². The third kappa shape index (κ3) is 1.76. The molecule has 1 aromatic rings. The highest BCUT2D eigenvalue weighted by Gasteiger charge is 2.26. The monoisotopic (exact) mass is 224 g/mol. The molecule has 0 radical (unpaired) electrons. The molecule has 0 aliphatic carbocycles. The molecule has 0 fully saturated rings. The van der Waals surface area contributed by atoms with Crippen LogP contribution in [-0.2, 0) is 0 Å². The Morgan fingerprint density at radius 3 is 2.65 bits per heavy atom. The zero-order valence-electron chi connectivity index (χ0n) is 9.69. The fourth-order valence-corrected chi connectivity index (χ4v) is 1.99. The van der Waals surface area contributed by atoms with Crippen molar-refractivity contribution in [3.63, 3.8) is 0 Å². The van der Waals surface area contributed by atoms with E-state index in [9.17, 15) is 0 Å². The molecule has 2 aliphatic rings. The molecule has 0 aromatic heterocycles. The summed E-state index contributed by atoms with van der Waals surface area (Å²) in [6.07, 6.45) is 12.4. The molecule has 3 rings (SSSR count). The van der Waals surface area contributed by atoms with E-state index in [-0.39, 0.29) is 0 Å². The minimum atomic E-state index is 1.14. The van der Waals surface area contributed by atoms with Crippen molar-refractivity contribution in [2.45, 2.75) is 0 Å². The van der Waals surface area contributed by atoms with Gasteiger partial charge < -0.3 is 0 Å². The van der Waals surface area contributed by atoms with E-state index in [2.05, 4.69) is 51.5 Å². The van der Waals surface area contributed by atoms with Crippen molar-refractivity contribution in [1.29, 1.82) is 0 Å². The molecule has 0 atom stereocenters.